The van der Waals surface area contributed by atoms with Gasteiger partial charge >= 0.3 is 0 Å². The van der Waals surface area contributed by atoms with Gasteiger partial charge in [0, 0.05) is 17.6 Å². The van der Waals surface area contributed by atoms with Gasteiger partial charge in [-0.1, -0.05) is 0 Å². The second-order valence-corrected chi connectivity index (χ2v) is 5.11. The van der Waals surface area contributed by atoms with E-state index in [1.807, 2.05) is 20.9 Å². The first-order valence-corrected chi connectivity index (χ1v) is 6.22. The van der Waals surface area contributed by atoms with Crippen LogP contribution in [0.1, 0.15) is 13.8 Å². The van der Waals surface area contributed by atoms with Gasteiger partial charge in [-0.2, -0.15) is 0 Å². The van der Waals surface area contributed by atoms with Crippen LogP contribution >= 0.6 is 11.8 Å². The Morgan fingerprint density at radius 2 is 1.80 bits per heavy atom. The molecule has 0 saturated heterocycles. The summed E-state index contributed by atoms with van der Waals surface area (Å²) in [6, 6.07) is 8.38. The van der Waals surface area contributed by atoms with E-state index in [-0.39, 0.29) is 12.1 Å². The topological polar surface area (TPSA) is 23.5 Å². The number of rotatable bonds is 4. The van der Waals surface area contributed by atoms with Crippen molar-refractivity contribution in [2.24, 2.45) is 0 Å². The number of hydrogen-bond donors (Lipinski definition) is 1. The lowest BCUT2D eigenvalue weighted by Gasteiger charge is -2.35. The third-order valence-corrected chi connectivity index (χ3v) is 3.50. The molecule has 1 aromatic rings. The van der Waals surface area contributed by atoms with Gasteiger partial charge in [0.1, 0.15) is 0 Å². The van der Waals surface area contributed by atoms with Crippen molar-refractivity contribution in [3.05, 3.63) is 24.3 Å². The number of thioether (sulfide) groups is 1. The van der Waals surface area contributed by atoms with E-state index in [0.29, 0.717) is 0 Å². The first-order valence-electron chi connectivity index (χ1n) is 5.00. The number of aliphatic hydroxyl groups excluding tert-OH is 1. The number of likely N-dealkylation sites (N-methyl/N-ethyl adjacent to an activating group) is 1. The fourth-order valence-electron chi connectivity index (χ4n) is 1.26. The van der Waals surface area contributed by atoms with Gasteiger partial charge in [0.15, 0.2) is 0 Å². The molecule has 15 heavy (non-hydrogen) atoms. The van der Waals surface area contributed by atoms with Crippen LogP contribution in [0.2, 0.25) is 0 Å². The summed E-state index contributed by atoms with van der Waals surface area (Å²) < 4.78 is 0. The molecule has 0 bridgehead atoms. The van der Waals surface area contributed by atoms with Crippen molar-refractivity contribution < 1.29 is 5.11 Å². The van der Waals surface area contributed by atoms with Crippen LogP contribution < -0.4 is 4.90 Å². The highest BCUT2D eigenvalue weighted by molar-refractivity contribution is 7.98. The molecule has 0 spiro atoms. The van der Waals surface area contributed by atoms with Crippen LogP contribution in [0.4, 0.5) is 5.69 Å². The van der Waals surface area contributed by atoms with Gasteiger partial charge in [0.05, 0.1) is 12.1 Å². The number of anilines is 1. The van der Waals surface area contributed by atoms with Crippen LogP contribution in [0.25, 0.3) is 0 Å². The van der Waals surface area contributed by atoms with Crippen molar-refractivity contribution in [1.82, 2.24) is 0 Å². The summed E-state index contributed by atoms with van der Waals surface area (Å²) in [7, 11) is 2.00. The number of aliphatic hydroxyl groups is 1. The quantitative estimate of drug-likeness (QED) is 0.797. The molecule has 0 amide bonds. The van der Waals surface area contributed by atoms with Gasteiger partial charge < -0.3 is 10.0 Å². The summed E-state index contributed by atoms with van der Waals surface area (Å²) in [6.07, 6.45) is 2.07. The lowest BCUT2D eigenvalue weighted by molar-refractivity contribution is 0.216. The predicted octanol–water partition coefficient (Wildman–Crippen LogP) is 2.62. The maximum Gasteiger partial charge on any atom is 0.0658 e. The SMILES string of the molecule is CSc1ccc(N(C)C(C)(C)CO)cc1. The molecule has 0 aliphatic heterocycles. The smallest absolute Gasteiger partial charge is 0.0658 e. The molecule has 1 N–H and O–H groups in total. The number of hydrogen-bond acceptors (Lipinski definition) is 3. The molecule has 0 unspecified atom stereocenters. The molecule has 0 heterocycles. The normalized spacial score (nSPS) is 11.5. The molecule has 0 aromatic heterocycles. The Kier molecular flexibility index (Phi) is 4.05. The Labute approximate surface area is 96.3 Å². The van der Waals surface area contributed by atoms with E-state index in [0.717, 1.165) is 5.69 Å². The van der Waals surface area contributed by atoms with Crippen molar-refractivity contribution in [2.45, 2.75) is 24.3 Å². The molecule has 0 atom stereocenters. The Balaban J connectivity index is 2.87. The van der Waals surface area contributed by atoms with Crippen molar-refractivity contribution in [1.29, 1.82) is 0 Å². The Morgan fingerprint density at radius 1 is 1.27 bits per heavy atom. The van der Waals surface area contributed by atoms with Crippen LogP contribution in [-0.4, -0.2) is 30.6 Å². The van der Waals surface area contributed by atoms with Gasteiger partial charge in [-0.25, -0.2) is 0 Å². The monoisotopic (exact) mass is 225 g/mol. The van der Waals surface area contributed by atoms with Gasteiger partial charge in [-0.05, 0) is 44.4 Å². The fourth-order valence-corrected chi connectivity index (χ4v) is 1.67. The Hall–Kier alpha value is -0.670. The maximum absolute atomic E-state index is 9.28. The minimum Gasteiger partial charge on any atom is -0.394 e. The Bertz CT molecular complexity index is 308. The van der Waals surface area contributed by atoms with E-state index in [9.17, 15) is 5.11 Å². The zero-order valence-corrected chi connectivity index (χ0v) is 10.6. The molecular formula is C12H19NOS. The Morgan fingerprint density at radius 3 is 2.20 bits per heavy atom. The molecule has 0 saturated carbocycles. The first kappa shape index (κ1) is 12.4. The highest BCUT2D eigenvalue weighted by Gasteiger charge is 2.22. The van der Waals surface area contributed by atoms with Crippen molar-refractivity contribution >= 4 is 17.4 Å². The zero-order valence-electron chi connectivity index (χ0n) is 9.82. The van der Waals surface area contributed by atoms with E-state index in [1.165, 1.54) is 4.90 Å². The molecular weight excluding hydrogens is 206 g/mol. The van der Waals surface area contributed by atoms with E-state index < -0.39 is 0 Å². The lowest BCUT2D eigenvalue weighted by Crippen LogP contribution is -2.44. The minimum absolute atomic E-state index is 0.147. The van der Waals surface area contributed by atoms with Gasteiger partial charge in [-0.15, -0.1) is 11.8 Å². The summed E-state index contributed by atoms with van der Waals surface area (Å²) in [6.45, 7) is 4.19. The molecule has 84 valence electrons. The third kappa shape index (κ3) is 2.89. The average molecular weight is 225 g/mol. The van der Waals surface area contributed by atoms with Crippen LogP contribution in [-0.2, 0) is 0 Å². The van der Waals surface area contributed by atoms with Crippen molar-refractivity contribution in [2.75, 3.05) is 24.8 Å². The zero-order chi connectivity index (χ0) is 11.5. The minimum atomic E-state index is -0.221. The number of nitrogens with zero attached hydrogens (tertiary/aromatic N) is 1. The summed E-state index contributed by atoms with van der Waals surface area (Å²) in [5, 5.41) is 9.28. The van der Waals surface area contributed by atoms with Crippen molar-refractivity contribution in [3.8, 4) is 0 Å². The van der Waals surface area contributed by atoms with E-state index in [4.69, 9.17) is 0 Å². The van der Waals surface area contributed by atoms with E-state index in [1.54, 1.807) is 11.8 Å². The van der Waals surface area contributed by atoms with Crippen LogP contribution in [0.15, 0.2) is 29.2 Å². The standard InChI is InChI=1S/C12H19NOS/c1-12(2,9-14)13(3)10-5-7-11(15-4)8-6-10/h5-8,14H,9H2,1-4H3. The first-order chi connectivity index (χ1) is 7.01. The van der Waals surface area contributed by atoms with E-state index >= 15 is 0 Å². The maximum atomic E-state index is 9.28. The summed E-state index contributed by atoms with van der Waals surface area (Å²) in [4.78, 5) is 3.35. The summed E-state index contributed by atoms with van der Waals surface area (Å²) in [5.41, 5.74) is 0.910. The van der Waals surface area contributed by atoms with Gasteiger partial charge in [-0.3, -0.25) is 0 Å². The van der Waals surface area contributed by atoms with Gasteiger partial charge in [0.25, 0.3) is 0 Å². The van der Waals surface area contributed by atoms with E-state index in [2.05, 4.69) is 35.4 Å². The van der Waals surface area contributed by atoms with Crippen LogP contribution in [0.5, 0.6) is 0 Å². The molecule has 1 aromatic carbocycles. The summed E-state index contributed by atoms with van der Waals surface area (Å²) >= 11 is 1.73. The second kappa shape index (κ2) is 4.90. The van der Waals surface area contributed by atoms with Gasteiger partial charge in [0.2, 0.25) is 0 Å². The molecule has 0 aliphatic rings. The number of benzene rings is 1. The molecule has 1 rings (SSSR count). The molecule has 0 radical (unpaired) electrons. The molecule has 0 aliphatic carbocycles. The molecule has 3 heteroatoms. The highest BCUT2D eigenvalue weighted by Crippen LogP contribution is 2.24. The molecule has 0 fully saturated rings. The van der Waals surface area contributed by atoms with Crippen LogP contribution in [0, 0.1) is 0 Å². The highest BCUT2D eigenvalue weighted by atomic mass is 32.2. The predicted molar refractivity (Wildman–Crippen MR) is 67.8 cm³/mol. The third-order valence-electron chi connectivity index (χ3n) is 2.75. The molecule has 2 nitrogen and oxygen atoms in total. The lowest BCUT2D eigenvalue weighted by atomic mass is 10.0. The van der Waals surface area contributed by atoms with Crippen LogP contribution in [0.3, 0.4) is 0 Å². The second-order valence-electron chi connectivity index (χ2n) is 4.23. The summed E-state index contributed by atoms with van der Waals surface area (Å²) in [5.74, 6) is 0. The largest absolute Gasteiger partial charge is 0.394 e. The fraction of sp³-hybridized carbons (Fsp3) is 0.500. The van der Waals surface area contributed by atoms with Crippen molar-refractivity contribution in [3.63, 3.8) is 0 Å². The average Bonchev–Trinajstić information content (AvgIpc) is 2.28.